The number of nitrogens with zero attached hydrogens (tertiary/aromatic N) is 3. The molecular weight excluding hydrogens is 760 g/mol. The number of nitrogens with two attached hydrogens (primary N) is 1. The van der Waals surface area contributed by atoms with E-state index in [2.05, 4.69) is 17.6 Å². The zero-order chi connectivity index (χ0) is 45.5. The van der Waals surface area contributed by atoms with E-state index in [-0.39, 0.29) is 67.5 Å². The molecule has 0 radical (unpaired) electrons. The molecule has 4 unspecified atom stereocenters. The van der Waals surface area contributed by atoms with E-state index >= 15 is 0 Å². The lowest BCUT2D eigenvalue weighted by Gasteiger charge is -2.33. The normalized spacial score (nSPS) is 16.9. The van der Waals surface area contributed by atoms with E-state index in [9.17, 15) is 33.2 Å². The molecule has 1 aliphatic heterocycles. The van der Waals surface area contributed by atoms with Crippen LogP contribution in [0.1, 0.15) is 105 Å². The van der Waals surface area contributed by atoms with Crippen molar-refractivity contribution in [2.75, 3.05) is 61.0 Å². The molecule has 1 saturated carbocycles. The van der Waals surface area contributed by atoms with Crippen molar-refractivity contribution in [3.8, 4) is 0 Å². The van der Waals surface area contributed by atoms with Crippen molar-refractivity contribution in [2.24, 2.45) is 17.6 Å². The quantitative estimate of drug-likeness (QED) is 0.110. The maximum Gasteiger partial charge on any atom is 0.245 e. The van der Waals surface area contributed by atoms with Crippen molar-refractivity contribution in [3.05, 3.63) is 47.3 Å². The molecule has 2 aliphatic rings. The number of likely N-dealkylation sites (N-methyl/N-ethyl adjacent to an activating group) is 2. The van der Waals surface area contributed by atoms with Crippen LogP contribution in [0.25, 0.3) is 0 Å². The fraction of sp³-hybridized carbons (Fsp3) is 0.682. The highest BCUT2D eigenvalue weighted by molar-refractivity contribution is 5.91. The number of hydrogen-bond donors (Lipinski definition) is 3. The summed E-state index contributed by atoms with van der Waals surface area (Å²) in [6.07, 6.45) is 8.09. The number of aryl methyl sites for hydroxylation is 1. The Labute approximate surface area is 354 Å². The second-order valence-corrected chi connectivity index (χ2v) is 14.2. The van der Waals surface area contributed by atoms with Crippen LogP contribution in [-0.4, -0.2) is 130 Å². The van der Waals surface area contributed by atoms with Gasteiger partial charge in [-0.1, -0.05) is 72.2 Å². The molecule has 1 saturated heterocycles. The Hall–Kier alpha value is -4.21. The first-order chi connectivity index (χ1) is 28.1. The van der Waals surface area contributed by atoms with Gasteiger partial charge in [0.25, 0.3) is 0 Å². The van der Waals surface area contributed by atoms with Crippen molar-refractivity contribution in [2.45, 2.75) is 125 Å². The van der Waals surface area contributed by atoms with Crippen LogP contribution in [0, 0.1) is 24.6 Å². The molecule has 2 fully saturated rings. The van der Waals surface area contributed by atoms with Gasteiger partial charge in [0.2, 0.25) is 29.5 Å². The smallest absolute Gasteiger partial charge is 0.245 e. The van der Waals surface area contributed by atoms with Gasteiger partial charge in [0.05, 0.1) is 32.2 Å². The number of nitrogens with one attached hydrogen (secondary N) is 2. The number of aldehydes is 1. The third-order valence-electron chi connectivity index (χ3n) is 9.68. The number of methoxy groups -OCH3 is 1. The molecule has 4 N–H and O–H groups in total. The van der Waals surface area contributed by atoms with Gasteiger partial charge in [-0.15, -0.1) is 0 Å². The van der Waals surface area contributed by atoms with E-state index in [4.69, 9.17) is 15.2 Å². The summed E-state index contributed by atoms with van der Waals surface area (Å²) in [5, 5.41) is 5.48. The molecule has 5 amide bonds. The van der Waals surface area contributed by atoms with Crippen molar-refractivity contribution in [1.82, 2.24) is 25.3 Å². The first kappa shape index (κ1) is 56.9. The fourth-order valence-electron chi connectivity index (χ4n) is 6.28. The number of carbonyl (C=O) groups is 6. The summed E-state index contributed by atoms with van der Waals surface area (Å²) >= 11 is 0. The van der Waals surface area contributed by atoms with Gasteiger partial charge in [-0.05, 0) is 76.5 Å². The minimum absolute atomic E-state index is 0.0143. The van der Waals surface area contributed by atoms with E-state index in [0.717, 1.165) is 44.4 Å². The largest absolute Gasteiger partial charge is 0.368 e. The molecule has 14 nitrogen and oxygen atoms in total. The van der Waals surface area contributed by atoms with E-state index in [1.54, 1.807) is 32.2 Å². The average Bonchev–Trinajstić information content (AvgIpc) is 3.72. The van der Waals surface area contributed by atoms with Crippen LogP contribution < -0.4 is 16.4 Å². The summed E-state index contributed by atoms with van der Waals surface area (Å²) in [4.78, 5) is 74.8. The molecule has 4 atom stereocenters. The van der Waals surface area contributed by atoms with Crippen molar-refractivity contribution >= 4 is 35.8 Å². The number of rotatable bonds is 17. The molecule has 0 spiro atoms. The summed E-state index contributed by atoms with van der Waals surface area (Å²) in [7, 11) is 6.47. The number of carbonyl (C=O) groups excluding carboxylic acids is 6. The predicted molar refractivity (Wildman–Crippen MR) is 231 cm³/mol. The van der Waals surface area contributed by atoms with E-state index in [1.807, 2.05) is 59.6 Å². The molecule has 1 aromatic carbocycles. The van der Waals surface area contributed by atoms with Crippen LogP contribution in [0.5, 0.6) is 0 Å². The molecular formula is C44H77FN6O8. The summed E-state index contributed by atoms with van der Waals surface area (Å²) in [6, 6.07) is 5.87. The number of allylic oxidation sites excluding steroid dienone is 1. The number of primary amides is 1. The van der Waals surface area contributed by atoms with E-state index in [0.29, 0.717) is 31.4 Å². The molecule has 3 rings (SSSR count). The Balaban J connectivity index is 0. The van der Waals surface area contributed by atoms with Crippen LogP contribution in [0.15, 0.2) is 35.9 Å². The third-order valence-corrected chi connectivity index (χ3v) is 9.68. The summed E-state index contributed by atoms with van der Waals surface area (Å²) < 4.78 is 23.7. The lowest BCUT2D eigenvalue weighted by molar-refractivity contribution is -0.171. The number of amides is 5. The van der Waals surface area contributed by atoms with E-state index in [1.165, 1.54) is 35.6 Å². The topological polar surface area (TPSA) is 181 Å². The molecule has 1 aliphatic carbocycles. The van der Waals surface area contributed by atoms with Crippen LogP contribution >= 0.6 is 0 Å². The van der Waals surface area contributed by atoms with Gasteiger partial charge >= 0.3 is 0 Å². The SMILES string of the molecule is CC.CC.CC1CCC(=CC(=O)NCC(N)=O)CC1.CCC(C(=O)N(C)CC=O)N(C)C(=O)CCOC(OC)C1CCCN1C(=O)C(C)CNC.Cc1ccccc1F. The Morgan fingerprint density at radius 3 is 2.15 bits per heavy atom. The van der Waals surface area contributed by atoms with Gasteiger partial charge in [-0.3, -0.25) is 24.0 Å². The second-order valence-electron chi connectivity index (χ2n) is 14.2. The molecule has 1 aromatic rings. The summed E-state index contributed by atoms with van der Waals surface area (Å²) in [6.45, 7) is 17.0. The fourth-order valence-corrected chi connectivity index (χ4v) is 6.28. The second kappa shape index (κ2) is 33.6. The number of benzene rings is 1. The Bertz CT molecular complexity index is 1380. The van der Waals surface area contributed by atoms with Gasteiger partial charge in [0.15, 0.2) is 6.29 Å². The molecule has 338 valence electrons. The third kappa shape index (κ3) is 22.7. The Kier molecular flexibility index (Phi) is 32.4. The summed E-state index contributed by atoms with van der Waals surface area (Å²) in [5.74, 6) is -0.689. The van der Waals surface area contributed by atoms with Crippen LogP contribution in [0.2, 0.25) is 0 Å². The number of likely N-dealkylation sites (tertiary alicyclic amines) is 1. The number of ether oxygens (including phenoxy) is 2. The van der Waals surface area contributed by atoms with Crippen molar-refractivity contribution < 1.29 is 42.6 Å². The van der Waals surface area contributed by atoms with Crippen LogP contribution in [-0.2, 0) is 38.2 Å². The minimum Gasteiger partial charge on any atom is -0.368 e. The number of halogens is 1. The zero-order valence-electron chi connectivity index (χ0n) is 38.1. The molecule has 0 bridgehead atoms. The standard InChI is InChI=1S/C22H40N4O6.C11H18N2O2.C7H7F.2C2H6/c1-7-17(21(30)24(4)12-13-27)25(5)19(28)10-14-32-22(31-6)18-9-8-11-26(18)20(29)16(2)15-23-3;1-8-2-4-9(5-3-8)6-11(15)13-7-10(12)14;1-6-4-2-3-5-7(6)8;2*1-2/h13,16-18,22-23H,7-12,14-15H2,1-6H3;6,8H,2-5,7H2,1H3,(H2,12,14)(H,13,15);2-5H,1H3;2*1-2H3. The van der Waals surface area contributed by atoms with Crippen LogP contribution in [0.4, 0.5) is 4.39 Å². The number of hydrogen-bond acceptors (Lipinski definition) is 9. The maximum absolute atomic E-state index is 12.8. The monoisotopic (exact) mass is 837 g/mol. The molecule has 0 aromatic heterocycles. The maximum atomic E-state index is 12.8. The summed E-state index contributed by atoms with van der Waals surface area (Å²) in [5.41, 5.74) is 6.80. The molecule has 59 heavy (non-hydrogen) atoms. The Morgan fingerprint density at radius 1 is 1.05 bits per heavy atom. The van der Waals surface area contributed by atoms with Gasteiger partial charge in [-0.2, -0.15) is 0 Å². The highest BCUT2D eigenvalue weighted by Crippen LogP contribution is 2.27. The van der Waals surface area contributed by atoms with Crippen molar-refractivity contribution in [3.63, 3.8) is 0 Å². The highest BCUT2D eigenvalue weighted by atomic mass is 19.1. The first-order valence-corrected chi connectivity index (χ1v) is 21.1. The van der Waals surface area contributed by atoms with Gasteiger partial charge in [0.1, 0.15) is 18.1 Å². The lowest BCUT2D eigenvalue weighted by Crippen LogP contribution is -2.49. The van der Waals surface area contributed by atoms with Gasteiger partial charge in [0, 0.05) is 46.3 Å². The zero-order valence-corrected chi connectivity index (χ0v) is 38.1. The first-order valence-electron chi connectivity index (χ1n) is 21.1. The Morgan fingerprint density at radius 2 is 1.66 bits per heavy atom. The van der Waals surface area contributed by atoms with E-state index < -0.39 is 18.2 Å². The lowest BCUT2D eigenvalue weighted by atomic mass is 9.87. The predicted octanol–water partition coefficient (Wildman–Crippen LogP) is 5.02. The highest BCUT2D eigenvalue weighted by Gasteiger charge is 2.37. The minimum atomic E-state index is -0.637. The van der Waals surface area contributed by atoms with Gasteiger partial charge in [-0.25, -0.2) is 4.39 Å². The molecule has 1 heterocycles. The average molecular weight is 837 g/mol. The van der Waals surface area contributed by atoms with Gasteiger partial charge < -0.3 is 45.3 Å². The van der Waals surface area contributed by atoms with Crippen molar-refractivity contribution in [1.29, 1.82) is 0 Å². The van der Waals surface area contributed by atoms with Crippen LogP contribution in [0.3, 0.4) is 0 Å². The molecule has 15 heteroatoms.